The van der Waals surface area contributed by atoms with Gasteiger partial charge in [-0.1, -0.05) is 0 Å². The van der Waals surface area contributed by atoms with E-state index in [1.54, 1.807) is 12.1 Å². The number of ether oxygens (including phenoxy) is 4. The highest BCUT2D eigenvalue weighted by Gasteiger charge is 2.44. The van der Waals surface area contributed by atoms with Crippen LogP contribution in [0.25, 0.3) is 0 Å². The zero-order chi connectivity index (χ0) is 16.3. The van der Waals surface area contributed by atoms with Crippen LogP contribution in [0.15, 0.2) is 18.2 Å². The van der Waals surface area contributed by atoms with Gasteiger partial charge < -0.3 is 39.4 Å². The summed E-state index contributed by atoms with van der Waals surface area (Å²) in [5.41, 5.74) is 0. The van der Waals surface area contributed by atoms with Crippen LogP contribution in [0.4, 0.5) is 0 Å². The van der Waals surface area contributed by atoms with Crippen molar-refractivity contribution >= 4 is 0 Å². The summed E-state index contributed by atoms with van der Waals surface area (Å²) >= 11 is 0. The van der Waals surface area contributed by atoms with Crippen molar-refractivity contribution in [2.45, 2.75) is 30.7 Å². The first kappa shape index (κ1) is 16.8. The molecule has 22 heavy (non-hydrogen) atoms. The Hall–Kier alpha value is -1.58. The molecule has 0 saturated carbocycles. The maximum Gasteiger partial charge on any atom is 0.229 e. The summed E-state index contributed by atoms with van der Waals surface area (Å²) in [5.74, 6) is 1.23. The van der Waals surface area contributed by atoms with Crippen molar-refractivity contribution in [3.63, 3.8) is 0 Å². The summed E-state index contributed by atoms with van der Waals surface area (Å²) < 4.78 is 21.0. The maximum atomic E-state index is 9.91. The molecule has 124 valence electrons. The van der Waals surface area contributed by atoms with E-state index in [1.807, 2.05) is 0 Å². The van der Waals surface area contributed by atoms with Crippen LogP contribution in [0.3, 0.4) is 0 Å². The summed E-state index contributed by atoms with van der Waals surface area (Å²) in [5, 5.41) is 38.5. The molecule has 0 aliphatic carbocycles. The lowest BCUT2D eigenvalue weighted by Crippen LogP contribution is -2.60. The largest absolute Gasteiger partial charge is 0.493 e. The lowest BCUT2D eigenvalue weighted by atomic mass is 9.99. The molecule has 1 aromatic carbocycles. The van der Waals surface area contributed by atoms with Gasteiger partial charge in [-0.2, -0.15) is 0 Å². The fraction of sp³-hybridized carbons (Fsp3) is 0.571. The van der Waals surface area contributed by atoms with Crippen LogP contribution in [-0.2, 0) is 4.74 Å². The number of aliphatic hydroxyl groups excluding tert-OH is 4. The van der Waals surface area contributed by atoms with Crippen molar-refractivity contribution in [2.75, 3.05) is 20.8 Å². The summed E-state index contributed by atoms with van der Waals surface area (Å²) in [6, 6.07) is 4.71. The van der Waals surface area contributed by atoms with E-state index in [2.05, 4.69) is 0 Å². The highest BCUT2D eigenvalue weighted by atomic mass is 16.7. The van der Waals surface area contributed by atoms with Gasteiger partial charge in [-0.3, -0.25) is 0 Å². The Bertz CT molecular complexity index is 492. The quantitative estimate of drug-likeness (QED) is 0.540. The second kappa shape index (κ2) is 7.12. The first-order valence-corrected chi connectivity index (χ1v) is 6.71. The van der Waals surface area contributed by atoms with Crippen LogP contribution in [0.5, 0.6) is 17.2 Å². The van der Waals surface area contributed by atoms with Gasteiger partial charge in [0.1, 0.15) is 30.2 Å². The Labute approximate surface area is 127 Å². The second-order valence-corrected chi connectivity index (χ2v) is 4.83. The maximum absolute atomic E-state index is 9.91. The third-order valence-electron chi connectivity index (χ3n) is 3.46. The average Bonchev–Trinajstić information content (AvgIpc) is 2.55. The topological polar surface area (TPSA) is 118 Å². The number of hydrogen-bond acceptors (Lipinski definition) is 8. The molecule has 0 radical (unpaired) electrons. The van der Waals surface area contributed by atoms with E-state index >= 15 is 0 Å². The van der Waals surface area contributed by atoms with Crippen LogP contribution >= 0.6 is 0 Å². The molecule has 1 aliphatic heterocycles. The normalized spacial score (nSPS) is 31.6. The molecule has 0 spiro atoms. The Morgan fingerprint density at radius 3 is 2.27 bits per heavy atom. The van der Waals surface area contributed by atoms with E-state index < -0.39 is 37.3 Å². The molecule has 1 unspecified atom stereocenters. The van der Waals surface area contributed by atoms with Crippen LogP contribution in [0.1, 0.15) is 0 Å². The minimum Gasteiger partial charge on any atom is -0.493 e. The molecule has 0 bridgehead atoms. The monoisotopic (exact) mass is 316 g/mol. The Balaban J connectivity index is 2.15. The lowest BCUT2D eigenvalue weighted by molar-refractivity contribution is -0.277. The molecule has 8 nitrogen and oxygen atoms in total. The van der Waals surface area contributed by atoms with Crippen LogP contribution < -0.4 is 14.2 Å². The van der Waals surface area contributed by atoms with Crippen LogP contribution in [0, 0.1) is 0 Å². The van der Waals surface area contributed by atoms with Crippen molar-refractivity contribution < 1.29 is 39.4 Å². The van der Waals surface area contributed by atoms with Crippen molar-refractivity contribution in [3.8, 4) is 17.2 Å². The van der Waals surface area contributed by atoms with E-state index in [0.717, 1.165) is 0 Å². The highest BCUT2D eigenvalue weighted by molar-refractivity contribution is 5.45. The Morgan fingerprint density at radius 2 is 1.68 bits per heavy atom. The first-order chi connectivity index (χ1) is 10.5. The number of hydrogen-bond donors (Lipinski definition) is 4. The standard InChI is InChI=1S/C14H20O8/c1-19-8-4-3-7(5-9(8)20-2)21-14-13(18)12(17)11(16)10(6-15)22-14/h3-5,10-18H,6H2,1-2H3/t10-,11-,12+,13-,14?/m1/s1. The van der Waals surface area contributed by atoms with Gasteiger partial charge >= 0.3 is 0 Å². The predicted octanol–water partition coefficient (Wildman–Crippen LogP) is -1.12. The average molecular weight is 316 g/mol. The van der Waals surface area contributed by atoms with Gasteiger partial charge in [0.15, 0.2) is 11.5 Å². The van der Waals surface area contributed by atoms with Crippen molar-refractivity contribution in [3.05, 3.63) is 18.2 Å². The van der Waals surface area contributed by atoms with Gasteiger partial charge in [0.2, 0.25) is 6.29 Å². The van der Waals surface area contributed by atoms with E-state index in [9.17, 15) is 15.3 Å². The number of benzene rings is 1. The van der Waals surface area contributed by atoms with Crippen molar-refractivity contribution in [1.82, 2.24) is 0 Å². The number of rotatable bonds is 5. The smallest absolute Gasteiger partial charge is 0.229 e. The minimum atomic E-state index is -1.49. The van der Waals surface area contributed by atoms with E-state index in [4.69, 9.17) is 24.1 Å². The van der Waals surface area contributed by atoms with Crippen LogP contribution in [0.2, 0.25) is 0 Å². The number of methoxy groups -OCH3 is 2. The molecule has 1 heterocycles. The molecule has 1 saturated heterocycles. The Kier molecular flexibility index (Phi) is 5.43. The third kappa shape index (κ3) is 3.26. The summed E-state index contributed by atoms with van der Waals surface area (Å²) in [6.45, 7) is -0.517. The van der Waals surface area contributed by atoms with Crippen LogP contribution in [-0.4, -0.2) is 72.0 Å². The van der Waals surface area contributed by atoms with Gasteiger partial charge in [-0.25, -0.2) is 0 Å². The lowest BCUT2D eigenvalue weighted by Gasteiger charge is -2.39. The van der Waals surface area contributed by atoms with E-state index in [1.165, 1.54) is 20.3 Å². The van der Waals surface area contributed by atoms with Gasteiger partial charge in [0.05, 0.1) is 20.8 Å². The summed E-state index contributed by atoms with van der Waals surface area (Å²) in [6.07, 6.45) is -6.65. The molecule has 0 aromatic heterocycles. The van der Waals surface area contributed by atoms with Gasteiger partial charge in [0.25, 0.3) is 0 Å². The zero-order valence-corrected chi connectivity index (χ0v) is 12.2. The predicted molar refractivity (Wildman–Crippen MR) is 73.9 cm³/mol. The summed E-state index contributed by atoms with van der Waals surface area (Å²) in [7, 11) is 2.96. The fourth-order valence-electron chi connectivity index (χ4n) is 2.19. The van der Waals surface area contributed by atoms with Gasteiger partial charge in [0, 0.05) is 6.07 Å². The molecule has 1 fully saturated rings. The van der Waals surface area contributed by atoms with Crippen molar-refractivity contribution in [2.24, 2.45) is 0 Å². The number of aliphatic hydroxyl groups is 4. The minimum absolute atomic E-state index is 0.307. The van der Waals surface area contributed by atoms with Gasteiger partial charge in [-0.15, -0.1) is 0 Å². The molecule has 4 N–H and O–H groups in total. The summed E-state index contributed by atoms with van der Waals surface area (Å²) in [4.78, 5) is 0. The van der Waals surface area contributed by atoms with Gasteiger partial charge in [-0.05, 0) is 12.1 Å². The molecular weight excluding hydrogens is 296 g/mol. The molecule has 2 rings (SSSR count). The first-order valence-electron chi connectivity index (χ1n) is 6.71. The molecule has 5 atom stereocenters. The van der Waals surface area contributed by atoms with E-state index in [0.29, 0.717) is 17.2 Å². The third-order valence-corrected chi connectivity index (χ3v) is 3.46. The Morgan fingerprint density at radius 1 is 1.00 bits per heavy atom. The second-order valence-electron chi connectivity index (χ2n) is 4.83. The molecule has 1 aromatic rings. The van der Waals surface area contributed by atoms with Crippen molar-refractivity contribution in [1.29, 1.82) is 0 Å². The molecule has 1 aliphatic rings. The molecule has 8 heteroatoms. The molecule has 0 amide bonds. The fourth-order valence-corrected chi connectivity index (χ4v) is 2.19. The zero-order valence-electron chi connectivity index (χ0n) is 12.2. The molecular formula is C14H20O8. The van der Waals surface area contributed by atoms with E-state index in [-0.39, 0.29) is 0 Å². The SMILES string of the molecule is COc1ccc(OC2O[C@H](CO)[C@@H](O)[C@H](O)[C@H]2O)cc1OC. The highest BCUT2D eigenvalue weighted by Crippen LogP contribution is 2.32.